The molecule has 8 heteroatoms. The Morgan fingerprint density at radius 3 is 2.86 bits per heavy atom. The third-order valence-electron chi connectivity index (χ3n) is 2.68. The van der Waals surface area contributed by atoms with Crippen LogP contribution in [0.3, 0.4) is 0 Å². The molecule has 0 aliphatic heterocycles. The van der Waals surface area contributed by atoms with E-state index in [9.17, 15) is 9.90 Å². The minimum atomic E-state index is -0.851. The van der Waals surface area contributed by atoms with Crippen LogP contribution in [-0.4, -0.2) is 41.6 Å². The molecule has 7 nitrogen and oxygen atoms in total. The molecule has 21 heavy (non-hydrogen) atoms. The number of halogens is 1. The van der Waals surface area contributed by atoms with Gasteiger partial charge in [0, 0.05) is 17.3 Å². The highest BCUT2D eigenvalue weighted by atomic mass is 35.5. The van der Waals surface area contributed by atoms with Crippen molar-refractivity contribution in [2.45, 2.75) is 0 Å². The fourth-order valence-electron chi connectivity index (χ4n) is 1.70. The van der Waals surface area contributed by atoms with Crippen LogP contribution in [0.5, 0.6) is 17.4 Å². The predicted octanol–water partition coefficient (Wildman–Crippen LogP) is 1.68. The van der Waals surface area contributed by atoms with E-state index < -0.39 is 6.09 Å². The number of aromatic nitrogens is 1. The van der Waals surface area contributed by atoms with Crippen molar-refractivity contribution in [3.63, 3.8) is 0 Å². The number of aliphatic hydroxyl groups is 1. The summed E-state index contributed by atoms with van der Waals surface area (Å²) in [5, 5.41) is 21.9. The Kier molecular flexibility index (Phi) is 4.66. The van der Waals surface area contributed by atoms with Crippen molar-refractivity contribution in [3.05, 3.63) is 23.4 Å². The zero-order valence-corrected chi connectivity index (χ0v) is 11.8. The van der Waals surface area contributed by atoms with Gasteiger partial charge >= 0.3 is 6.09 Å². The lowest BCUT2D eigenvalue weighted by atomic mass is 10.1. The van der Waals surface area contributed by atoms with Crippen LogP contribution in [0.15, 0.2) is 18.2 Å². The molecule has 0 aliphatic rings. The lowest BCUT2D eigenvalue weighted by molar-refractivity contribution is 0.192. The molecule has 1 heterocycles. The van der Waals surface area contributed by atoms with E-state index in [0.717, 1.165) is 0 Å². The number of aromatic hydroxyl groups is 1. The summed E-state index contributed by atoms with van der Waals surface area (Å²) in [6.07, 6.45) is -0.851. The number of nitrogens with one attached hydrogen (secondary N) is 1. The molecule has 0 atom stereocenters. The number of ether oxygens (including phenoxy) is 2. The van der Waals surface area contributed by atoms with E-state index in [4.69, 9.17) is 26.2 Å². The average Bonchev–Trinajstić information content (AvgIpc) is 2.49. The number of rotatable bonds is 4. The average molecular weight is 313 g/mol. The molecule has 0 aliphatic carbocycles. The number of benzene rings is 1. The first-order chi connectivity index (χ1) is 10.1. The largest absolute Gasteiger partial charge is 0.503 e. The maximum absolute atomic E-state index is 11.4. The normalized spacial score (nSPS) is 10.4. The van der Waals surface area contributed by atoms with Crippen molar-refractivity contribution in [2.24, 2.45) is 0 Å². The monoisotopic (exact) mass is 312 g/mol. The van der Waals surface area contributed by atoms with Crippen molar-refractivity contribution in [1.29, 1.82) is 0 Å². The molecule has 1 aromatic carbocycles. The molecule has 0 unspecified atom stereocenters. The number of hydrogen-bond donors (Lipinski definition) is 3. The van der Waals surface area contributed by atoms with Crippen LogP contribution in [0.1, 0.15) is 0 Å². The lowest BCUT2D eigenvalue weighted by Crippen LogP contribution is -2.29. The Labute approximate surface area is 125 Å². The van der Waals surface area contributed by atoms with Crippen LogP contribution >= 0.6 is 11.6 Å². The fourth-order valence-corrected chi connectivity index (χ4v) is 1.93. The molecule has 0 saturated heterocycles. The molecule has 0 radical (unpaired) electrons. The van der Waals surface area contributed by atoms with Gasteiger partial charge in [0.15, 0.2) is 5.75 Å². The van der Waals surface area contributed by atoms with Gasteiger partial charge < -0.3 is 25.0 Å². The first kappa shape index (κ1) is 15.1. The van der Waals surface area contributed by atoms with Crippen LogP contribution < -0.4 is 14.8 Å². The zero-order chi connectivity index (χ0) is 15.4. The fraction of sp³-hybridized carbons (Fsp3) is 0.231. The summed E-state index contributed by atoms with van der Waals surface area (Å²) < 4.78 is 9.92. The summed E-state index contributed by atoms with van der Waals surface area (Å²) in [5.41, 5.74) is 0. The summed E-state index contributed by atoms with van der Waals surface area (Å²) >= 11 is 6.02. The quantitative estimate of drug-likeness (QED) is 0.743. The van der Waals surface area contributed by atoms with Gasteiger partial charge in [0.1, 0.15) is 10.9 Å². The second kappa shape index (κ2) is 6.47. The van der Waals surface area contributed by atoms with Gasteiger partial charge in [0.2, 0.25) is 0 Å². The first-order valence-electron chi connectivity index (χ1n) is 5.99. The van der Waals surface area contributed by atoms with Crippen LogP contribution in [-0.2, 0) is 0 Å². The zero-order valence-electron chi connectivity index (χ0n) is 11.1. The van der Waals surface area contributed by atoms with Crippen LogP contribution in [0.25, 0.3) is 10.8 Å². The van der Waals surface area contributed by atoms with Gasteiger partial charge in [-0.2, -0.15) is 4.98 Å². The molecule has 1 amide bonds. The second-order valence-electron chi connectivity index (χ2n) is 4.01. The van der Waals surface area contributed by atoms with Gasteiger partial charge in [-0.15, -0.1) is 0 Å². The van der Waals surface area contributed by atoms with Crippen LogP contribution in [0.4, 0.5) is 4.79 Å². The summed E-state index contributed by atoms with van der Waals surface area (Å²) in [7, 11) is 1.51. The van der Waals surface area contributed by atoms with Crippen LogP contribution in [0, 0.1) is 0 Å². The van der Waals surface area contributed by atoms with Gasteiger partial charge in [-0.1, -0.05) is 11.6 Å². The molecule has 0 spiro atoms. The molecular weight excluding hydrogens is 300 g/mol. The number of aliphatic hydroxyl groups excluding tert-OH is 1. The maximum Gasteiger partial charge on any atom is 0.414 e. The van der Waals surface area contributed by atoms with Crippen molar-refractivity contribution >= 4 is 28.5 Å². The third kappa shape index (κ3) is 3.26. The SMILES string of the molecule is COc1ccc2c(O)c(OC(=O)NCCO)nc(Cl)c2c1. The molecule has 0 bridgehead atoms. The van der Waals surface area contributed by atoms with E-state index in [2.05, 4.69) is 10.3 Å². The number of pyridine rings is 1. The Balaban J connectivity index is 2.38. The third-order valence-corrected chi connectivity index (χ3v) is 2.97. The highest BCUT2D eigenvalue weighted by Crippen LogP contribution is 2.38. The number of fused-ring (bicyclic) bond motifs is 1. The van der Waals surface area contributed by atoms with E-state index in [-0.39, 0.29) is 29.9 Å². The van der Waals surface area contributed by atoms with Gasteiger partial charge in [0.25, 0.3) is 5.88 Å². The van der Waals surface area contributed by atoms with Gasteiger partial charge in [-0.3, -0.25) is 0 Å². The van der Waals surface area contributed by atoms with E-state index in [1.807, 2.05) is 0 Å². The van der Waals surface area contributed by atoms with E-state index in [1.54, 1.807) is 18.2 Å². The highest BCUT2D eigenvalue weighted by Gasteiger charge is 2.16. The summed E-state index contributed by atoms with van der Waals surface area (Å²) in [4.78, 5) is 15.3. The van der Waals surface area contributed by atoms with Crippen LogP contribution in [0.2, 0.25) is 5.15 Å². The number of amides is 1. The standard InChI is InChI=1S/C13H13ClN2O5/c1-20-7-2-3-8-9(6-7)11(14)16-12(10(8)18)21-13(19)15-4-5-17/h2-3,6,17-18H,4-5H2,1H3,(H,15,19). The number of carbonyl (C=O) groups excluding carboxylic acids is 1. The molecule has 112 valence electrons. The predicted molar refractivity (Wildman–Crippen MR) is 76.1 cm³/mol. The number of hydrogen-bond acceptors (Lipinski definition) is 6. The second-order valence-corrected chi connectivity index (χ2v) is 4.37. The van der Waals surface area contributed by atoms with Crippen molar-refractivity contribution in [1.82, 2.24) is 10.3 Å². The topological polar surface area (TPSA) is 101 Å². The van der Waals surface area contributed by atoms with Crippen molar-refractivity contribution in [2.75, 3.05) is 20.3 Å². The van der Waals surface area contributed by atoms with Crippen molar-refractivity contribution < 1.29 is 24.5 Å². The number of nitrogens with zero attached hydrogens (tertiary/aromatic N) is 1. The minimum Gasteiger partial charge on any atom is -0.503 e. The summed E-state index contributed by atoms with van der Waals surface area (Å²) in [6, 6.07) is 4.82. The summed E-state index contributed by atoms with van der Waals surface area (Å²) in [6.45, 7) is -0.203. The van der Waals surface area contributed by atoms with Gasteiger partial charge in [-0.05, 0) is 18.2 Å². The Morgan fingerprint density at radius 2 is 2.19 bits per heavy atom. The first-order valence-corrected chi connectivity index (χ1v) is 6.37. The molecular formula is C13H13ClN2O5. The van der Waals surface area contributed by atoms with Gasteiger partial charge in [0.05, 0.1) is 13.7 Å². The Bertz CT molecular complexity index is 677. The molecule has 0 fully saturated rings. The number of carbonyl (C=O) groups is 1. The molecule has 0 saturated carbocycles. The van der Waals surface area contributed by atoms with E-state index >= 15 is 0 Å². The van der Waals surface area contributed by atoms with Gasteiger partial charge in [-0.25, -0.2) is 4.79 Å². The molecule has 2 aromatic rings. The number of methoxy groups -OCH3 is 1. The molecule has 3 N–H and O–H groups in total. The van der Waals surface area contributed by atoms with E-state index in [0.29, 0.717) is 16.5 Å². The van der Waals surface area contributed by atoms with Crippen molar-refractivity contribution in [3.8, 4) is 17.4 Å². The maximum atomic E-state index is 11.4. The lowest BCUT2D eigenvalue weighted by Gasteiger charge is -2.10. The van der Waals surface area contributed by atoms with E-state index in [1.165, 1.54) is 7.11 Å². The molecule has 2 rings (SSSR count). The summed E-state index contributed by atoms with van der Waals surface area (Å²) in [5.74, 6) is -0.0655. The highest BCUT2D eigenvalue weighted by molar-refractivity contribution is 6.34. The molecule has 1 aromatic heterocycles. The Hall–Kier alpha value is -2.25. The minimum absolute atomic E-state index is 0.0259. The smallest absolute Gasteiger partial charge is 0.414 e. The Morgan fingerprint density at radius 1 is 1.43 bits per heavy atom.